The molecule has 154 valence electrons. The van der Waals surface area contributed by atoms with Gasteiger partial charge in [-0.3, -0.25) is 4.79 Å². The number of hydrogen-bond donors (Lipinski definition) is 1. The Labute approximate surface area is 171 Å². The summed E-state index contributed by atoms with van der Waals surface area (Å²) in [6.07, 6.45) is 2.94. The van der Waals surface area contributed by atoms with Gasteiger partial charge in [0, 0.05) is 13.0 Å². The van der Waals surface area contributed by atoms with Crippen LogP contribution in [0.25, 0.3) is 10.2 Å². The highest BCUT2D eigenvalue weighted by Gasteiger charge is 2.11. The number of carbonyl (C=O) groups is 1. The molecular formula is C21H22F2N2O3S. The number of thiazole rings is 1. The van der Waals surface area contributed by atoms with Gasteiger partial charge in [-0.1, -0.05) is 18.2 Å². The largest absolute Gasteiger partial charge is 0.493 e. The predicted octanol–water partition coefficient (Wildman–Crippen LogP) is 4.94. The minimum absolute atomic E-state index is 0.0348. The normalized spacial score (nSPS) is 11.0. The van der Waals surface area contributed by atoms with E-state index in [2.05, 4.69) is 21.1 Å². The number of methoxy groups -OCH3 is 1. The average Bonchev–Trinajstić information content (AvgIpc) is 3.13. The lowest BCUT2D eigenvalue weighted by atomic mass is 10.1. The Morgan fingerprint density at radius 3 is 2.76 bits per heavy atom. The zero-order valence-electron chi connectivity index (χ0n) is 16.0. The molecule has 0 saturated heterocycles. The third-order valence-corrected chi connectivity index (χ3v) is 5.41. The Bertz CT molecular complexity index is 929. The number of ether oxygens (including phenoxy) is 2. The smallest absolute Gasteiger partial charge is 0.387 e. The molecule has 0 saturated carbocycles. The van der Waals surface area contributed by atoms with Gasteiger partial charge in [-0.15, -0.1) is 11.3 Å². The van der Waals surface area contributed by atoms with Crippen molar-refractivity contribution in [3.05, 3.63) is 53.0 Å². The van der Waals surface area contributed by atoms with E-state index in [4.69, 9.17) is 4.74 Å². The van der Waals surface area contributed by atoms with E-state index in [0.717, 1.165) is 35.4 Å². The Kier molecular flexibility index (Phi) is 7.35. The van der Waals surface area contributed by atoms with Gasteiger partial charge in [-0.2, -0.15) is 8.78 Å². The van der Waals surface area contributed by atoms with Gasteiger partial charge >= 0.3 is 6.61 Å². The molecule has 0 fully saturated rings. The van der Waals surface area contributed by atoms with Crippen LogP contribution in [0, 0.1) is 0 Å². The van der Waals surface area contributed by atoms with Crippen LogP contribution in [0.5, 0.6) is 11.5 Å². The molecule has 3 aromatic rings. The summed E-state index contributed by atoms with van der Waals surface area (Å²) in [5, 5.41) is 3.92. The number of aromatic nitrogens is 1. The summed E-state index contributed by atoms with van der Waals surface area (Å²) in [6.45, 7) is -2.63. The van der Waals surface area contributed by atoms with Crippen molar-refractivity contribution in [3.63, 3.8) is 0 Å². The molecular weight excluding hydrogens is 398 g/mol. The number of rotatable bonds is 10. The topological polar surface area (TPSA) is 60.5 Å². The molecule has 0 bridgehead atoms. The number of unbranched alkanes of at least 4 members (excludes halogenated alkanes) is 1. The van der Waals surface area contributed by atoms with E-state index in [0.29, 0.717) is 13.0 Å². The molecule has 5 nitrogen and oxygen atoms in total. The van der Waals surface area contributed by atoms with Gasteiger partial charge in [0.2, 0.25) is 5.91 Å². The number of nitrogens with zero attached hydrogens (tertiary/aromatic N) is 1. The summed E-state index contributed by atoms with van der Waals surface area (Å²) in [5.74, 6) is 0.112. The first-order chi connectivity index (χ1) is 14.0. The van der Waals surface area contributed by atoms with Gasteiger partial charge < -0.3 is 14.8 Å². The fourth-order valence-corrected chi connectivity index (χ4v) is 3.90. The molecule has 0 radical (unpaired) electrons. The molecule has 1 amide bonds. The Morgan fingerprint density at radius 1 is 1.17 bits per heavy atom. The van der Waals surface area contributed by atoms with Crippen LogP contribution >= 0.6 is 11.3 Å². The molecule has 8 heteroatoms. The van der Waals surface area contributed by atoms with Gasteiger partial charge in [0.15, 0.2) is 11.5 Å². The molecule has 1 heterocycles. The number of amides is 1. The van der Waals surface area contributed by atoms with Crippen LogP contribution < -0.4 is 14.8 Å². The van der Waals surface area contributed by atoms with Crippen LogP contribution in [0.1, 0.15) is 29.8 Å². The van der Waals surface area contributed by atoms with E-state index >= 15 is 0 Å². The average molecular weight is 420 g/mol. The zero-order chi connectivity index (χ0) is 20.6. The third kappa shape index (κ3) is 6.12. The van der Waals surface area contributed by atoms with Crippen molar-refractivity contribution in [1.82, 2.24) is 10.3 Å². The van der Waals surface area contributed by atoms with Crippen molar-refractivity contribution in [2.24, 2.45) is 0 Å². The first-order valence-electron chi connectivity index (χ1n) is 9.28. The molecule has 0 spiro atoms. The summed E-state index contributed by atoms with van der Waals surface area (Å²) in [7, 11) is 1.38. The van der Waals surface area contributed by atoms with Gasteiger partial charge in [0.05, 0.1) is 22.3 Å². The Hall–Kier alpha value is -2.74. The lowest BCUT2D eigenvalue weighted by Crippen LogP contribution is -2.22. The van der Waals surface area contributed by atoms with Gasteiger partial charge in [-0.05, 0) is 49.1 Å². The summed E-state index contributed by atoms with van der Waals surface area (Å²) in [6, 6.07) is 12.6. The highest BCUT2D eigenvalue weighted by Crippen LogP contribution is 2.29. The number of para-hydroxylation sites is 1. The molecule has 0 aliphatic rings. The molecule has 0 aliphatic heterocycles. The molecule has 0 aliphatic carbocycles. The maximum atomic E-state index is 12.4. The van der Waals surface area contributed by atoms with Crippen LogP contribution in [0.4, 0.5) is 8.78 Å². The molecule has 0 atom stereocenters. The van der Waals surface area contributed by atoms with Crippen molar-refractivity contribution >= 4 is 27.5 Å². The number of carbonyl (C=O) groups excluding carboxylic acids is 1. The standard InChI is InChI=1S/C21H22F2N2O3S/c1-27-17-12-14(10-11-16(17)28-21(22)23)13-24-19(26)8-4-5-9-20-25-15-6-2-3-7-18(15)29-20/h2-3,6-7,10-12,21H,4-5,8-9,13H2,1H3,(H,24,26). The number of nitrogens with one attached hydrogen (secondary N) is 1. The van der Waals surface area contributed by atoms with Crippen molar-refractivity contribution in [3.8, 4) is 11.5 Å². The highest BCUT2D eigenvalue weighted by molar-refractivity contribution is 7.18. The fourth-order valence-electron chi connectivity index (χ4n) is 2.89. The first-order valence-corrected chi connectivity index (χ1v) is 10.1. The molecule has 1 aromatic heterocycles. The number of fused-ring (bicyclic) bond motifs is 1. The van der Waals surface area contributed by atoms with Crippen LogP contribution in [0.15, 0.2) is 42.5 Å². The number of alkyl halides is 2. The lowest BCUT2D eigenvalue weighted by Gasteiger charge is -2.12. The molecule has 1 N–H and O–H groups in total. The van der Waals surface area contributed by atoms with Crippen LogP contribution in [-0.2, 0) is 17.8 Å². The van der Waals surface area contributed by atoms with Crippen LogP contribution in [0.3, 0.4) is 0 Å². The van der Waals surface area contributed by atoms with Crippen LogP contribution in [-0.4, -0.2) is 24.6 Å². The van der Waals surface area contributed by atoms with E-state index in [1.54, 1.807) is 23.5 Å². The van der Waals surface area contributed by atoms with Gasteiger partial charge in [-0.25, -0.2) is 4.98 Å². The third-order valence-electron chi connectivity index (χ3n) is 4.32. The molecule has 2 aromatic carbocycles. The molecule has 0 unspecified atom stereocenters. The lowest BCUT2D eigenvalue weighted by molar-refractivity contribution is -0.121. The van der Waals surface area contributed by atoms with E-state index in [-0.39, 0.29) is 17.4 Å². The van der Waals surface area contributed by atoms with Gasteiger partial charge in [0.25, 0.3) is 0 Å². The minimum Gasteiger partial charge on any atom is -0.493 e. The number of benzene rings is 2. The van der Waals surface area contributed by atoms with E-state index < -0.39 is 6.61 Å². The highest BCUT2D eigenvalue weighted by atomic mass is 32.1. The van der Waals surface area contributed by atoms with E-state index in [1.807, 2.05) is 18.2 Å². The summed E-state index contributed by atoms with van der Waals surface area (Å²) >= 11 is 1.69. The van der Waals surface area contributed by atoms with Gasteiger partial charge in [0.1, 0.15) is 0 Å². The van der Waals surface area contributed by atoms with E-state index in [1.165, 1.54) is 17.9 Å². The Morgan fingerprint density at radius 2 is 2.00 bits per heavy atom. The quantitative estimate of drug-likeness (QED) is 0.472. The Balaban J connectivity index is 1.40. The van der Waals surface area contributed by atoms with Crippen molar-refractivity contribution < 1.29 is 23.0 Å². The molecule has 29 heavy (non-hydrogen) atoms. The monoisotopic (exact) mass is 420 g/mol. The number of aryl methyl sites for hydroxylation is 1. The van der Waals surface area contributed by atoms with Crippen molar-refractivity contribution in [2.75, 3.05) is 7.11 Å². The summed E-state index contributed by atoms with van der Waals surface area (Å²) < 4.78 is 35.4. The van der Waals surface area contributed by atoms with E-state index in [9.17, 15) is 13.6 Å². The van der Waals surface area contributed by atoms with Crippen molar-refractivity contribution in [1.29, 1.82) is 0 Å². The maximum Gasteiger partial charge on any atom is 0.387 e. The fraction of sp³-hybridized carbons (Fsp3) is 0.333. The molecule has 3 rings (SSSR count). The SMILES string of the molecule is COc1cc(CNC(=O)CCCCc2nc3ccccc3s2)ccc1OC(F)F. The number of hydrogen-bond acceptors (Lipinski definition) is 5. The summed E-state index contributed by atoms with van der Waals surface area (Å²) in [5.41, 5.74) is 1.76. The second-order valence-electron chi connectivity index (χ2n) is 6.42. The first kappa shape index (κ1) is 21.0. The van der Waals surface area contributed by atoms with Crippen molar-refractivity contribution in [2.45, 2.75) is 38.8 Å². The minimum atomic E-state index is -2.92. The number of halogens is 2. The zero-order valence-corrected chi connectivity index (χ0v) is 16.8. The maximum absolute atomic E-state index is 12.4. The second kappa shape index (κ2) is 10.2. The van der Waals surface area contributed by atoms with Crippen LogP contribution in [0.2, 0.25) is 0 Å². The second-order valence-corrected chi connectivity index (χ2v) is 7.54. The summed E-state index contributed by atoms with van der Waals surface area (Å²) in [4.78, 5) is 16.7. The predicted molar refractivity (Wildman–Crippen MR) is 109 cm³/mol.